The number of anilines is 2. The van der Waals surface area contributed by atoms with Gasteiger partial charge in [-0.1, -0.05) is 48.5 Å². The number of rotatable bonds is 6. The highest BCUT2D eigenvalue weighted by Crippen LogP contribution is 2.34. The van der Waals surface area contributed by atoms with Crippen molar-refractivity contribution < 1.29 is 14.3 Å². The molecule has 0 atom stereocenters. The zero-order valence-corrected chi connectivity index (χ0v) is 18.6. The maximum Gasteiger partial charge on any atom is 0.295 e. The van der Waals surface area contributed by atoms with Crippen LogP contribution >= 0.6 is 0 Å². The van der Waals surface area contributed by atoms with Crippen molar-refractivity contribution in [2.45, 2.75) is 12.8 Å². The summed E-state index contributed by atoms with van der Waals surface area (Å²) in [6.45, 7) is 0.657. The van der Waals surface area contributed by atoms with Crippen molar-refractivity contribution in [1.82, 2.24) is 14.8 Å². The van der Waals surface area contributed by atoms with Crippen molar-refractivity contribution in [3.63, 3.8) is 0 Å². The summed E-state index contributed by atoms with van der Waals surface area (Å²) in [7, 11) is 1.54. The van der Waals surface area contributed by atoms with E-state index in [0.717, 1.165) is 17.7 Å². The van der Waals surface area contributed by atoms with Gasteiger partial charge in [0.1, 0.15) is 5.75 Å². The molecule has 1 saturated heterocycles. The van der Waals surface area contributed by atoms with E-state index in [-0.39, 0.29) is 11.7 Å². The van der Waals surface area contributed by atoms with E-state index in [1.54, 1.807) is 34.9 Å². The molecule has 1 aromatic heterocycles. The zero-order chi connectivity index (χ0) is 23.5. The number of nitrogens with one attached hydrogen (secondary N) is 1. The van der Waals surface area contributed by atoms with E-state index < -0.39 is 5.91 Å². The summed E-state index contributed by atoms with van der Waals surface area (Å²) >= 11 is 0. The van der Waals surface area contributed by atoms with Gasteiger partial charge in [0.15, 0.2) is 5.82 Å². The van der Waals surface area contributed by atoms with Crippen LogP contribution in [0.5, 0.6) is 5.75 Å². The minimum atomic E-state index is -0.445. The molecule has 8 nitrogen and oxygen atoms in total. The summed E-state index contributed by atoms with van der Waals surface area (Å²) in [6.07, 6.45) is 1.35. The number of ether oxygens (including phenoxy) is 1. The molecule has 0 bridgehead atoms. The summed E-state index contributed by atoms with van der Waals surface area (Å²) in [5, 5.41) is 7.34. The Morgan fingerprint density at radius 2 is 1.74 bits per heavy atom. The van der Waals surface area contributed by atoms with Crippen molar-refractivity contribution in [2.24, 2.45) is 0 Å². The van der Waals surface area contributed by atoms with Crippen molar-refractivity contribution in [1.29, 1.82) is 0 Å². The monoisotopic (exact) mass is 453 g/mol. The fraction of sp³-hybridized carbons (Fsp3) is 0.154. The van der Waals surface area contributed by atoms with Gasteiger partial charge in [0.2, 0.25) is 11.7 Å². The van der Waals surface area contributed by atoms with E-state index >= 15 is 0 Å². The van der Waals surface area contributed by atoms with Crippen LogP contribution in [0.25, 0.3) is 17.1 Å². The van der Waals surface area contributed by atoms with Crippen LogP contribution in [0, 0.1) is 0 Å². The first-order valence-electron chi connectivity index (χ1n) is 11.0. The van der Waals surface area contributed by atoms with E-state index in [1.807, 2.05) is 60.7 Å². The molecule has 2 heterocycles. The second-order valence-electron chi connectivity index (χ2n) is 7.86. The minimum absolute atomic E-state index is 0.0421. The number of methoxy groups -OCH3 is 1. The maximum absolute atomic E-state index is 13.1. The van der Waals surface area contributed by atoms with Gasteiger partial charge in [-0.3, -0.25) is 9.59 Å². The quantitative estimate of drug-likeness (QED) is 0.470. The third-order valence-corrected chi connectivity index (χ3v) is 5.64. The molecule has 5 rings (SSSR count). The summed E-state index contributed by atoms with van der Waals surface area (Å²) in [6, 6.07) is 24.4. The molecule has 0 aliphatic carbocycles. The number of para-hydroxylation sites is 1. The van der Waals surface area contributed by atoms with Crippen molar-refractivity contribution in [2.75, 3.05) is 23.9 Å². The Labute approximate surface area is 196 Å². The summed E-state index contributed by atoms with van der Waals surface area (Å²) < 4.78 is 7.15. The number of carbonyl (C=O) groups is 2. The van der Waals surface area contributed by atoms with Crippen LogP contribution in [0.15, 0.2) is 78.9 Å². The third-order valence-electron chi connectivity index (χ3n) is 5.64. The highest BCUT2D eigenvalue weighted by atomic mass is 16.5. The molecular formula is C26H23N5O3. The van der Waals surface area contributed by atoms with Crippen LogP contribution in [0.4, 0.5) is 11.4 Å². The predicted octanol–water partition coefficient (Wildman–Crippen LogP) is 4.32. The van der Waals surface area contributed by atoms with Crippen LogP contribution in [-0.4, -0.2) is 40.2 Å². The first-order valence-corrected chi connectivity index (χ1v) is 11.0. The summed E-state index contributed by atoms with van der Waals surface area (Å²) in [4.78, 5) is 31.5. The molecule has 1 aliphatic rings. The van der Waals surface area contributed by atoms with E-state index in [4.69, 9.17) is 4.74 Å². The molecule has 3 aromatic carbocycles. The summed E-state index contributed by atoms with van der Waals surface area (Å²) in [5.41, 5.74) is 2.86. The Balaban J connectivity index is 1.45. The van der Waals surface area contributed by atoms with Crippen molar-refractivity contribution in [3.8, 4) is 22.8 Å². The molecular weight excluding hydrogens is 430 g/mol. The lowest BCUT2D eigenvalue weighted by molar-refractivity contribution is -0.117. The highest BCUT2D eigenvalue weighted by molar-refractivity contribution is 6.02. The molecule has 34 heavy (non-hydrogen) atoms. The van der Waals surface area contributed by atoms with Crippen LogP contribution < -0.4 is 15.0 Å². The largest absolute Gasteiger partial charge is 0.494 e. The standard InChI is InChI=1S/C26H23N5O3/c1-34-22-17-19(14-15-21(22)30-16-8-13-23(30)32)27-26(33)24-28-25(18-9-4-2-5-10-18)31(29-24)20-11-6-3-7-12-20/h2-7,9-12,14-15,17H,8,13,16H2,1H3,(H,27,33). The Bertz CT molecular complexity index is 1280. The van der Waals surface area contributed by atoms with Gasteiger partial charge in [-0.2, -0.15) is 0 Å². The van der Waals surface area contributed by atoms with Gasteiger partial charge in [-0.25, -0.2) is 9.67 Å². The fourth-order valence-corrected chi connectivity index (χ4v) is 4.00. The number of hydrogen-bond donors (Lipinski definition) is 1. The van der Waals surface area contributed by atoms with Crippen molar-refractivity contribution >= 4 is 23.2 Å². The molecule has 0 saturated carbocycles. The molecule has 1 N–H and O–H groups in total. The minimum Gasteiger partial charge on any atom is -0.494 e. The third kappa shape index (κ3) is 4.13. The molecule has 0 spiro atoms. The number of nitrogens with zero attached hydrogens (tertiary/aromatic N) is 4. The zero-order valence-electron chi connectivity index (χ0n) is 18.6. The second-order valence-corrected chi connectivity index (χ2v) is 7.86. The number of amides is 2. The van der Waals surface area contributed by atoms with Gasteiger partial charge >= 0.3 is 0 Å². The Kier molecular flexibility index (Phi) is 5.78. The Morgan fingerprint density at radius 1 is 1.00 bits per heavy atom. The Morgan fingerprint density at radius 3 is 2.41 bits per heavy atom. The first kappa shape index (κ1) is 21.4. The number of benzene rings is 3. The van der Waals surface area contributed by atoms with Crippen LogP contribution in [-0.2, 0) is 4.79 Å². The lowest BCUT2D eigenvalue weighted by Crippen LogP contribution is -2.24. The molecule has 1 fully saturated rings. The lowest BCUT2D eigenvalue weighted by atomic mass is 10.2. The van der Waals surface area contributed by atoms with Gasteiger partial charge in [0.05, 0.1) is 18.5 Å². The highest BCUT2D eigenvalue weighted by Gasteiger charge is 2.25. The SMILES string of the molecule is COc1cc(NC(=O)c2nc(-c3ccccc3)n(-c3ccccc3)n2)ccc1N1CCCC1=O. The maximum atomic E-state index is 13.1. The van der Waals surface area contributed by atoms with Crippen molar-refractivity contribution in [3.05, 3.63) is 84.7 Å². The van der Waals surface area contributed by atoms with E-state index in [2.05, 4.69) is 15.4 Å². The van der Waals surface area contributed by atoms with Crippen LogP contribution in [0.3, 0.4) is 0 Å². The van der Waals surface area contributed by atoms with Gasteiger partial charge in [0, 0.05) is 30.3 Å². The van der Waals surface area contributed by atoms with Gasteiger partial charge in [-0.15, -0.1) is 5.10 Å². The van der Waals surface area contributed by atoms with E-state index in [9.17, 15) is 9.59 Å². The smallest absolute Gasteiger partial charge is 0.295 e. The molecule has 170 valence electrons. The average molecular weight is 454 g/mol. The van der Waals surface area contributed by atoms with Gasteiger partial charge < -0.3 is 15.0 Å². The molecule has 2 amide bonds. The normalized spacial score (nSPS) is 13.2. The fourth-order valence-electron chi connectivity index (χ4n) is 4.00. The van der Waals surface area contributed by atoms with Crippen LogP contribution in [0.2, 0.25) is 0 Å². The Hall–Kier alpha value is -4.46. The molecule has 8 heteroatoms. The average Bonchev–Trinajstić information content (AvgIpc) is 3.52. The predicted molar refractivity (Wildman–Crippen MR) is 129 cm³/mol. The number of hydrogen-bond acceptors (Lipinski definition) is 5. The lowest BCUT2D eigenvalue weighted by Gasteiger charge is -2.19. The number of aromatic nitrogens is 3. The molecule has 0 radical (unpaired) electrons. The summed E-state index contributed by atoms with van der Waals surface area (Å²) in [5.74, 6) is 0.747. The van der Waals surface area contributed by atoms with Gasteiger partial charge in [-0.05, 0) is 30.7 Å². The molecule has 0 unspecified atom stereocenters. The van der Waals surface area contributed by atoms with Gasteiger partial charge in [0.25, 0.3) is 5.91 Å². The molecule has 4 aromatic rings. The van der Waals surface area contributed by atoms with E-state index in [0.29, 0.717) is 35.9 Å². The first-order chi connectivity index (χ1) is 16.6. The van der Waals surface area contributed by atoms with E-state index in [1.165, 1.54) is 0 Å². The topological polar surface area (TPSA) is 89.3 Å². The van der Waals surface area contributed by atoms with Crippen LogP contribution in [0.1, 0.15) is 23.5 Å². The second kappa shape index (κ2) is 9.19. The molecule has 1 aliphatic heterocycles. The number of carbonyl (C=O) groups excluding carboxylic acids is 2.